The van der Waals surface area contributed by atoms with Crippen LogP contribution in [0.15, 0.2) is 36.4 Å². The zero-order chi connectivity index (χ0) is 9.68. The Morgan fingerprint density at radius 3 is 2.38 bits per heavy atom. The fourth-order valence-electron chi connectivity index (χ4n) is 1.14. The highest BCUT2D eigenvalue weighted by Crippen LogP contribution is 2.13. The zero-order valence-electron chi connectivity index (χ0n) is 8.45. The number of ether oxygens (including phenoxy) is 1. The van der Waals surface area contributed by atoms with Gasteiger partial charge in [0.1, 0.15) is 11.9 Å². The summed E-state index contributed by atoms with van der Waals surface area (Å²) in [6.07, 6.45) is 4.17. The lowest BCUT2D eigenvalue weighted by atomic mass is 10.2. The highest BCUT2D eigenvalue weighted by atomic mass is 16.5. The van der Waals surface area contributed by atoms with Gasteiger partial charge in [-0.25, -0.2) is 0 Å². The molecule has 0 saturated heterocycles. The third-order valence-corrected chi connectivity index (χ3v) is 1.81. The van der Waals surface area contributed by atoms with Crippen molar-refractivity contribution in [2.45, 2.75) is 26.9 Å². The molecule has 1 nitrogen and oxygen atoms in total. The predicted molar refractivity (Wildman–Crippen MR) is 56.1 cm³/mol. The molecule has 0 aliphatic carbocycles. The van der Waals surface area contributed by atoms with Gasteiger partial charge >= 0.3 is 0 Å². The van der Waals surface area contributed by atoms with Gasteiger partial charge in [-0.2, -0.15) is 0 Å². The van der Waals surface area contributed by atoms with E-state index in [2.05, 4.69) is 19.1 Å². The molecule has 0 heterocycles. The highest BCUT2D eigenvalue weighted by Gasteiger charge is 1.97. The first-order chi connectivity index (χ1) is 6.22. The van der Waals surface area contributed by atoms with E-state index in [1.54, 1.807) is 0 Å². The average molecular weight is 176 g/mol. The van der Waals surface area contributed by atoms with Gasteiger partial charge in [0.05, 0.1) is 0 Å². The molecular weight excluding hydrogens is 160 g/mol. The summed E-state index contributed by atoms with van der Waals surface area (Å²) in [5.41, 5.74) is 1.26. The second-order valence-electron chi connectivity index (χ2n) is 3.16. The van der Waals surface area contributed by atoms with E-state index >= 15 is 0 Å². The summed E-state index contributed by atoms with van der Waals surface area (Å²) >= 11 is 0. The van der Waals surface area contributed by atoms with Gasteiger partial charge in [-0.3, -0.25) is 0 Å². The molecule has 1 rings (SSSR count). The quantitative estimate of drug-likeness (QED) is 0.642. The third-order valence-electron chi connectivity index (χ3n) is 1.81. The van der Waals surface area contributed by atoms with E-state index < -0.39 is 0 Å². The molecule has 70 valence electrons. The summed E-state index contributed by atoms with van der Waals surface area (Å²) in [6, 6.07) is 8.10. The van der Waals surface area contributed by atoms with Gasteiger partial charge in [-0.1, -0.05) is 23.8 Å². The normalized spacial score (nSPS) is 13.2. The molecule has 0 radical (unpaired) electrons. The minimum absolute atomic E-state index is 0.146. The van der Waals surface area contributed by atoms with E-state index in [1.165, 1.54) is 5.56 Å². The van der Waals surface area contributed by atoms with Crippen molar-refractivity contribution in [3.8, 4) is 5.75 Å². The van der Waals surface area contributed by atoms with Crippen molar-refractivity contribution >= 4 is 0 Å². The van der Waals surface area contributed by atoms with Crippen LogP contribution in [0.4, 0.5) is 0 Å². The fourth-order valence-corrected chi connectivity index (χ4v) is 1.14. The molecule has 0 bridgehead atoms. The maximum atomic E-state index is 5.62. The van der Waals surface area contributed by atoms with Crippen LogP contribution in [0.2, 0.25) is 0 Å². The van der Waals surface area contributed by atoms with Crippen molar-refractivity contribution in [1.82, 2.24) is 0 Å². The molecule has 0 amide bonds. The first-order valence-corrected chi connectivity index (χ1v) is 4.58. The largest absolute Gasteiger partial charge is 0.487 e. The summed E-state index contributed by atoms with van der Waals surface area (Å²) in [5.74, 6) is 0.927. The molecule has 0 aliphatic rings. The highest BCUT2D eigenvalue weighted by molar-refractivity contribution is 5.26. The van der Waals surface area contributed by atoms with Crippen LogP contribution in [0, 0.1) is 6.92 Å². The van der Waals surface area contributed by atoms with E-state index in [0.29, 0.717) is 0 Å². The van der Waals surface area contributed by atoms with Crippen molar-refractivity contribution in [1.29, 1.82) is 0 Å². The van der Waals surface area contributed by atoms with Crippen molar-refractivity contribution in [3.63, 3.8) is 0 Å². The number of allylic oxidation sites excluding steroid dienone is 1. The molecule has 0 fully saturated rings. The van der Waals surface area contributed by atoms with Gasteiger partial charge in [0.25, 0.3) is 0 Å². The second-order valence-corrected chi connectivity index (χ2v) is 3.16. The van der Waals surface area contributed by atoms with Crippen molar-refractivity contribution in [2.75, 3.05) is 0 Å². The van der Waals surface area contributed by atoms with Crippen LogP contribution in [0.25, 0.3) is 0 Å². The third kappa shape index (κ3) is 3.32. The molecule has 0 aliphatic heterocycles. The van der Waals surface area contributed by atoms with Crippen molar-refractivity contribution in [2.24, 2.45) is 0 Å². The Morgan fingerprint density at radius 2 is 1.85 bits per heavy atom. The zero-order valence-corrected chi connectivity index (χ0v) is 8.45. The van der Waals surface area contributed by atoms with Gasteiger partial charge < -0.3 is 4.74 Å². The average Bonchev–Trinajstić information content (AvgIpc) is 2.09. The second kappa shape index (κ2) is 4.70. The Kier molecular flexibility index (Phi) is 3.56. The van der Waals surface area contributed by atoms with E-state index in [0.717, 1.165) is 5.75 Å². The molecule has 0 aromatic heterocycles. The first-order valence-electron chi connectivity index (χ1n) is 4.58. The van der Waals surface area contributed by atoms with Crippen LogP contribution >= 0.6 is 0 Å². The smallest absolute Gasteiger partial charge is 0.120 e. The molecule has 1 aromatic rings. The molecule has 0 spiro atoms. The summed E-state index contributed by atoms with van der Waals surface area (Å²) in [6.45, 7) is 6.09. The minimum atomic E-state index is 0.146. The molecule has 1 unspecified atom stereocenters. The van der Waals surface area contributed by atoms with Gasteiger partial charge in [0, 0.05) is 0 Å². The number of aryl methyl sites for hydroxylation is 1. The minimum Gasteiger partial charge on any atom is -0.487 e. The van der Waals surface area contributed by atoms with Crippen LogP contribution in [-0.4, -0.2) is 6.10 Å². The van der Waals surface area contributed by atoms with Crippen LogP contribution in [0.1, 0.15) is 19.4 Å². The Hall–Kier alpha value is -1.24. The van der Waals surface area contributed by atoms with Crippen LogP contribution in [0.3, 0.4) is 0 Å². The van der Waals surface area contributed by atoms with Crippen molar-refractivity contribution < 1.29 is 4.74 Å². The molecule has 1 heteroatoms. The van der Waals surface area contributed by atoms with Crippen LogP contribution in [0.5, 0.6) is 5.75 Å². The van der Waals surface area contributed by atoms with Gasteiger partial charge in [-0.15, -0.1) is 0 Å². The van der Waals surface area contributed by atoms with E-state index in [1.807, 2.05) is 38.1 Å². The topological polar surface area (TPSA) is 9.23 Å². The molecule has 1 aromatic carbocycles. The monoisotopic (exact) mass is 176 g/mol. The maximum absolute atomic E-state index is 5.62. The molecule has 0 saturated carbocycles. The fraction of sp³-hybridized carbons (Fsp3) is 0.333. The van der Waals surface area contributed by atoms with Crippen LogP contribution < -0.4 is 4.74 Å². The predicted octanol–water partition coefficient (Wildman–Crippen LogP) is 3.34. The van der Waals surface area contributed by atoms with E-state index in [4.69, 9.17) is 4.74 Å². The molecular formula is C12H16O. The number of hydrogen-bond acceptors (Lipinski definition) is 1. The van der Waals surface area contributed by atoms with Crippen LogP contribution in [-0.2, 0) is 0 Å². The molecule has 1 atom stereocenters. The number of hydrogen-bond donors (Lipinski definition) is 0. The Labute approximate surface area is 80.0 Å². The van der Waals surface area contributed by atoms with Gasteiger partial charge in [0.15, 0.2) is 0 Å². The Balaban J connectivity index is 2.59. The van der Waals surface area contributed by atoms with E-state index in [-0.39, 0.29) is 6.10 Å². The van der Waals surface area contributed by atoms with Gasteiger partial charge in [0.2, 0.25) is 0 Å². The summed E-state index contributed by atoms with van der Waals surface area (Å²) in [4.78, 5) is 0. The lowest BCUT2D eigenvalue weighted by Gasteiger charge is -2.10. The van der Waals surface area contributed by atoms with Crippen molar-refractivity contribution in [3.05, 3.63) is 42.0 Å². The molecule has 0 N–H and O–H groups in total. The Morgan fingerprint density at radius 1 is 1.23 bits per heavy atom. The SMILES string of the molecule is C/C=C\C(C)Oc1ccc(C)cc1. The lowest BCUT2D eigenvalue weighted by Crippen LogP contribution is -2.07. The number of benzene rings is 1. The standard InChI is InChI=1S/C12H16O/c1-4-5-11(3)13-12-8-6-10(2)7-9-12/h4-9,11H,1-3H3/b5-4-. The lowest BCUT2D eigenvalue weighted by molar-refractivity contribution is 0.269. The van der Waals surface area contributed by atoms with E-state index in [9.17, 15) is 0 Å². The van der Waals surface area contributed by atoms with Gasteiger partial charge in [-0.05, 0) is 39.0 Å². The Bertz CT molecular complexity index is 272. The number of rotatable bonds is 3. The summed E-state index contributed by atoms with van der Waals surface area (Å²) in [5, 5.41) is 0. The first kappa shape index (κ1) is 9.85. The summed E-state index contributed by atoms with van der Waals surface area (Å²) in [7, 11) is 0. The maximum Gasteiger partial charge on any atom is 0.120 e. The molecule has 13 heavy (non-hydrogen) atoms. The summed E-state index contributed by atoms with van der Waals surface area (Å²) < 4.78 is 5.62.